The third-order valence-corrected chi connectivity index (χ3v) is 8.29. The molecule has 0 unspecified atom stereocenters. The van der Waals surface area contributed by atoms with Crippen molar-refractivity contribution in [3.8, 4) is 0 Å². The summed E-state index contributed by atoms with van der Waals surface area (Å²) in [4.78, 5) is 26.7. The Kier molecular flexibility index (Phi) is 7.85. The van der Waals surface area contributed by atoms with Gasteiger partial charge in [0.05, 0.1) is 22.2 Å². The van der Waals surface area contributed by atoms with Gasteiger partial charge in [0.1, 0.15) is 18.0 Å². The number of piperazine rings is 1. The van der Waals surface area contributed by atoms with Crippen molar-refractivity contribution in [3.05, 3.63) is 51.6 Å². The second-order valence-corrected chi connectivity index (χ2v) is 10.8. The Morgan fingerprint density at radius 1 is 1.25 bits per heavy atom. The van der Waals surface area contributed by atoms with Crippen LogP contribution in [0, 0.1) is 5.82 Å². The summed E-state index contributed by atoms with van der Waals surface area (Å²) >= 11 is 3.22. The van der Waals surface area contributed by atoms with Gasteiger partial charge in [0.2, 0.25) is 5.91 Å². The molecular formula is C26H33BrFN5O3. The summed E-state index contributed by atoms with van der Waals surface area (Å²) in [5.74, 6) is 0.228. The molecule has 10 heteroatoms. The molecule has 0 bridgehead atoms. The fourth-order valence-electron chi connectivity index (χ4n) is 5.58. The fourth-order valence-corrected chi connectivity index (χ4v) is 5.82. The van der Waals surface area contributed by atoms with Crippen molar-refractivity contribution in [1.29, 1.82) is 0 Å². The van der Waals surface area contributed by atoms with E-state index in [2.05, 4.69) is 43.0 Å². The molecule has 36 heavy (non-hydrogen) atoms. The highest BCUT2D eigenvalue weighted by atomic mass is 79.9. The van der Waals surface area contributed by atoms with Gasteiger partial charge in [0.25, 0.3) is 0 Å². The van der Waals surface area contributed by atoms with Gasteiger partial charge in [-0.1, -0.05) is 13.0 Å². The maximum atomic E-state index is 14.4. The summed E-state index contributed by atoms with van der Waals surface area (Å²) in [5, 5.41) is 13.9. The van der Waals surface area contributed by atoms with Crippen LogP contribution in [0.2, 0.25) is 0 Å². The van der Waals surface area contributed by atoms with Crippen molar-refractivity contribution >= 4 is 27.7 Å². The number of carbonyl (C=O) groups is 1. The molecule has 1 aromatic carbocycles. The van der Waals surface area contributed by atoms with E-state index in [1.165, 1.54) is 12.4 Å². The number of hydrogen-bond acceptors (Lipinski definition) is 7. The maximum Gasteiger partial charge on any atom is 0.231 e. The lowest BCUT2D eigenvalue weighted by Gasteiger charge is -2.38. The molecule has 2 fully saturated rings. The third-order valence-electron chi connectivity index (χ3n) is 7.65. The summed E-state index contributed by atoms with van der Waals surface area (Å²) in [7, 11) is 0. The van der Waals surface area contributed by atoms with Crippen LogP contribution in [0.3, 0.4) is 0 Å². The number of halogens is 2. The summed E-state index contributed by atoms with van der Waals surface area (Å²) in [5.41, 5.74) is 2.43. The Hall–Kier alpha value is -2.14. The van der Waals surface area contributed by atoms with Crippen LogP contribution < -0.4 is 10.2 Å². The number of ether oxygens (including phenoxy) is 1. The van der Waals surface area contributed by atoms with E-state index >= 15 is 0 Å². The van der Waals surface area contributed by atoms with Crippen LogP contribution in [0.5, 0.6) is 0 Å². The molecule has 0 saturated carbocycles. The summed E-state index contributed by atoms with van der Waals surface area (Å²) in [6, 6.07) is 5.26. The fraction of sp³-hybridized carbons (Fsp3) is 0.577. The molecule has 3 aliphatic rings. The Balaban J connectivity index is 1.29. The number of aromatic nitrogens is 2. The van der Waals surface area contributed by atoms with Crippen LogP contribution in [0.1, 0.15) is 60.9 Å². The van der Waals surface area contributed by atoms with Crippen LogP contribution in [-0.4, -0.2) is 77.9 Å². The first-order chi connectivity index (χ1) is 17.4. The molecule has 5 rings (SSSR count). The molecule has 1 aliphatic carbocycles. The lowest BCUT2D eigenvalue weighted by atomic mass is 9.95. The number of aliphatic hydroxyl groups excluding tert-OH is 1. The third kappa shape index (κ3) is 5.27. The van der Waals surface area contributed by atoms with Crippen LogP contribution >= 0.6 is 15.9 Å². The predicted molar refractivity (Wildman–Crippen MR) is 138 cm³/mol. The highest BCUT2D eigenvalue weighted by Gasteiger charge is 2.35. The average Bonchev–Trinajstić information content (AvgIpc) is 3.20. The zero-order valence-corrected chi connectivity index (χ0v) is 22.1. The molecule has 3 atom stereocenters. The highest BCUT2D eigenvalue weighted by molar-refractivity contribution is 9.10. The van der Waals surface area contributed by atoms with Crippen molar-refractivity contribution in [3.63, 3.8) is 0 Å². The molecule has 2 aliphatic heterocycles. The standard InChI is InChI=1S/C26H33BrFN5O3/c1-16-12-22(34)24-23(16)25(31-15-30-24)32-6-8-33(9-7-32)26(35)19(14-29-18-4-10-36-11-5-18)17-2-3-20(27)21(28)13-17/h2-3,13,15-16,18-19,22,29,34H,4-12,14H2,1H3/t16-,19-,22-/m1/s1. The molecule has 1 aromatic heterocycles. The van der Waals surface area contributed by atoms with Crippen LogP contribution in [-0.2, 0) is 9.53 Å². The summed E-state index contributed by atoms with van der Waals surface area (Å²) in [6.45, 7) is 6.39. The zero-order valence-electron chi connectivity index (χ0n) is 20.5. The van der Waals surface area contributed by atoms with Gasteiger partial charge in [0, 0.05) is 57.5 Å². The monoisotopic (exact) mass is 561 g/mol. The first-order valence-corrected chi connectivity index (χ1v) is 13.5. The van der Waals surface area contributed by atoms with Crippen molar-refractivity contribution in [2.75, 3.05) is 50.8 Å². The van der Waals surface area contributed by atoms with E-state index in [9.17, 15) is 14.3 Å². The van der Waals surface area contributed by atoms with Crippen LogP contribution in [0.15, 0.2) is 29.0 Å². The Labute approximate surface area is 219 Å². The minimum atomic E-state index is -0.546. The molecular weight excluding hydrogens is 529 g/mol. The van der Waals surface area contributed by atoms with E-state index < -0.39 is 12.0 Å². The minimum Gasteiger partial charge on any atom is -0.387 e. The quantitative estimate of drug-likeness (QED) is 0.560. The van der Waals surface area contributed by atoms with Crippen molar-refractivity contribution < 1.29 is 19.0 Å². The topological polar surface area (TPSA) is 90.8 Å². The minimum absolute atomic E-state index is 0.00707. The average molecular weight is 562 g/mol. The van der Waals surface area contributed by atoms with Crippen LogP contribution in [0.25, 0.3) is 0 Å². The van der Waals surface area contributed by atoms with Crippen molar-refractivity contribution in [2.24, 2.45) is 0 Å². The van der Waals surface area contributed by atoms with Gasteiger partial charge < -0.3 is 25.0 Å². The van der Waals surface area contributed by atoms with E-state index in [4.69, 9.17) is 4.74 Å². The van der Waals surface area contributed by atoms with Gasteiger partial charge in [-0.2, -0.15) is 0 Å². The van der Waals surface area contributed by atoms with Gasteiger partial charge in [-0.3, -0.25) is 4.79 Å². The van der Waals surface area contributed by atoms with Crippen LogP contribution in [0.4, 0.5) is 10.2 Å². The van der Waals surface area contributed by atoms with E-state index in [1.54, 1.807) is 6.07 Å². The number of carbonyl (C=O) groups excluding carboxylic acids is 1. The number of aliphatic hydroxyl groups is 1. The lowest BCUT2D eigenvalue weighted by Crippen LogP contribution is -2.52. The number of nitrogens with zero attached hydrogens (tertiary/aromatic N) is 4. The van der Waals surface area contributed by atoms with E-state index in [-0.39, 0.29) is 17.6 Å². The number of hydrogen-bond donors (Lipinski definition) is 2. The SMILES string of the molecule is C[C@@H]1C[C@@H](O)c2ncnc(N3CCN(C(=O)[C@H](CNC4CCOCC4)c4ccc(Br)c(F)c4)CC3)c21. The number of benzene rings is 1. The van der Waals surface area contributed by atoms with Gasteiger partial charge in [-0.05, 0) is 58.8 Å². The highest BCUT2D eigenvalue weighted by Crippen LogP contribution is 2.42. The first kappa shape index (κ1) is 25.5. The number of anilines is 1. The molecule has 3 heterocycles. The predicted octanol–water partition coefficient (Wildman–Crippen LogP) is 3.12. The summed E-state index contributed by atoms with van der Waals surface area (Å²) < 4.78 is 20.2. The second kappa shape index (κ2) is 11.1. The second-order valence-electron chi connectivity index (χ2n) is 9.98. The van der Waals surface area contributed by atoms with E-state index in [0.29, 0.717) is 68.4 Å². The Morgan fingerprint density at radius 2 is 2.00 bits per heavy atom. The molecule has 0 spiro atoms. The molecule has 2 saturated heterocycles. The Bertz CT molecular complexity index is 1090. The molecule has 0 radical (unpaired) electrons. The van der Waals surface area contributed by atoms with Crippen molar-refractivity contribution in [2.45, 2.75) is 50.2 Å². The molecule has 2 N–H and O–H groups in total. The normalized spacial score (nSPS) is 23.6. The summed E-state index contributed by atoms with van der Waals surface area (Å²) in [6.07, 6.45) is 3.45. The number of amides is 1. The van der Waals surface area contributed by atoms with Gasteiger partial charge >= 0.3 is 0 Å². The molecule has 2 aromatic rings. The lowest BCUT2D eigenvalue weighted by molar-refractivity contribution is -0.133. The van der Waals surface area contributed by atoms with Gasteiger partial charge in [0.15, 0.2) is 0 Å². The smallest absolute Gasteiger partial charge is 0.231 e. The van der Waals surface area contributed by atoms with Crippen molar-refractivity contribution in [1.82, 2.24) is 20.2 Å². The maximum absolute atomic E-state index is 14.4. The number of fused-ring (bicyclic) bond motifs is 1. The first-order valence-electron chi connectivity index (χ1n) is 12.7. The van der Waals surface area contributed by atoms with E-state index in [1.807, 2.05) is 11.0 Å². The van der Waals surface area contributed by atoms with E-state index in [0.717, 1.165) is 29.9 Å². The largest absolute Gasteiger partial charge is 0.387 e. The number of rotatable bonds is 6. The molecule has 194 valence electrons. The molecule has 1 amide bonds. The molecule has 8 nitrogen and oxygen atoms in total. The zero-order chi connectivity index (χ0) is 25.2. The van der Waals surface area contributed by atoms with Gasteiger partial charge in [-0.15, -0.1) is 0 Å². The Morgan fingerprint density at radius 3 is 2.72 bits per heavy atom. The number of nitrogens with one attached hydrogen (secondary N) is 1. The van der Waals surface area contributed by atoms with Gasteiger partial charge in [-0.25, -0.2) is 14.4 Å².